The Morgan fingerprint density at radius 1 is 0.750 bits per heavy atom. The zero-order valence-electron chi connectivity index (χ0n) is 10.8. The highest BCUT2D eigenvalue weighted by molar-refractivity contribution is 5.08. The van der Waals surface area contributed by atoms with E-state index in [1.54, 1.807) is 51.4 Å². The van der Waals surface area contributed by atoms with E-state index >= 15 is 0 Å². The normalized spacial score (nSPS) is 53.4. The van der Waals surface area contributed by atoms with Gasteiger partial charge in [0.2, 0.25) is 0 Å². The SMILES string of the molecule is CC1(C23CC4CC(CC(C4)C2)C3)CCCC1. The van der Waals surface area contributed by atoms with Gasteiger partial charge in [-0.3, -0.25) is 0 Å². The second-order valence-electron chi connectivity index (χ2n) is 7.97. The first-order valence-corrected chi connectivity index (χ1v) is 7.69. The van der Waals surface area contributed by atoms with Crippen LogP contribution in [-0.2, 0) is 0 Å². The predicted molar refractivity (Wildman–Crippen MR) is 67.2 cm³/mol. The van der Waals surface area contributed by atoms with Crippen molar-refractivity contribution in [2.75, 3.05) is 0 Å². The van der Waals surface area contributed by atoms with Gasteiger partial charge in [-0.1, -0.05) is 19.8 Å². The summed E-state index contributed by atoms with van der Waals surface area (Å²) in [6, 6.07) is 0. The van der Waals surface area contributed by atoms with E-state index in [2.05, 4.69) is 6.92 Å². The van der Waals surface area contributed by atoms with Crippen LogP contribution in [0.1, 0.15) is 71.1 Å². The van der Waals surface area contributed by atoms with Crippen LogP contribution in [0.3, 0.4) is 0 Å². The molecule has 16 heavy (non-hydrogen) atoms. The van der Waals surface area contributed by atoms with Crippen LogP contribution in [0, 0.1) is 28.6 Å². The molecule has 0 nitrogen and oxygen atoms in total. The fourth-order valence-electron chi connectivity index (χ4n) is 6.54. The van der Waals surface area contributed by atoms with Gasteiger partial charge in [-0.05, 0) is 80.0 Å². The van der Waals surface area contributed by atoms with Crippen molar-refractivity contribution in [2.24, 2.45) is 28.6 Å². The first-order valence-electron chi connectivity index (χ1n) is 7.69. The maximum Gasteiger partial charge on any atom is -0.0236 e. The summed E-state index contributed by atoms with van der Waals surface area (Å²) in [5, 5.41) is 0. The van der Waals surface area contributed by atoms with Crippen molar-refractivity contribution in [3.63, 3.8) is 0 Å². The molecule has 0 aromatic carbocycles. The Hall–Kier alpha value is 0. The van der Waals surface area contributed by atoms with Crippen molar-refractivity contribution in [3.05, 3.63) is 0 Å². The van der Waals surface area contributed by atoms with Crippen LogP contribution >= 0.6 is 0 Å². The second-order valence-corrected chi connectivity index (χ2v) is 7.97. The van der Waals surface area contributed by atoms with Gasteiger partial charge in [0, 0.05) is 0 Å². The van der Waals surface area contributed by atoms with Crippen molar-refractivity contribution in [1.29, 1.82) is 0 Å². The standard InChI is InChI=1S/C16H26/c1-15(4-2-3-5-15)16-9-12-6-13(10-16)8-14(7-12)11-16/h12-14H,2-11H2,1H3. The molecular formula is C16H26. The number of hydrogen-bond acceptors (Lipinski definition) is 0. The van der Waals surface area contributed by atoms with Crippen LogP contribution in [0.15, 0.2) is 0 Å². The summed E-state index contributed by atoms with van der Waals surface area (Å²) in [5.41, 5.74) is 1.57. The summed E-state index contributed by atoms with van der Waals surface area (Å²) in [6.07, 6.45) is 15.8. The lowest BCUT2D eigenvalue weighted by molar-refractivity contribution is -0.123. The molecule has 0 aromatic rings. The minimum absolute atomic E-state index is 0.753. The summed E-state index contributed by atoms with van der Waals surface area (Å²) in [4.78, 5) is 0. The molecule has 5 saturated carbocycles. The highest BCUT2D eigenvalue weighted by atomic mass is 14.6. The van der Waals surface area contributed by atoms with Crippen LogP contribution < -0.4 is 0 Å². The molecule has 5 aliphatic carbocycles. The quantitative estimate of drug-likeness (QED) is 0.594. The fourth-order valence-corrected chi connectivity index (χ4v) is 6.54. The molecule has 5 aliphatic rings. The van der Waals surface area contributed by atoms with E-state index in [0.29, 0.717) is 0 Å². The molecule has 0 radical (unpaired) electrons. The van der Waals surface area contributed by atoms with Gasteiger partial charge in [-0.25, -0.2) is 0 Å². The average molecular weight is 218 g/mol. The van der Waals surface area contributed by atoms with Crippen LogP contribution in [0.4, 0.5) is 0 Å². The molecule has 5 fully saturated rings. The molecule has 90 valence electrons. The van der Waals surface area contributed by atoms with Crippen molar-refractivity contribution in [3.8, 4) is 0 Å². The molecular weight excluding hydrogens is 192 g/mol. The first-order chi connectivity index (χ1) is 7.69. The summed E-state index contributed by atoms with van der Waals surface area (Å²) >= 11 is 0. The molecule has 5 rings (SSSR count). The smallest absolute Gasteiger partial charge is 0.0236 e. The van der Waals surface area contributed by atoms with Crippen LogP contribution in [0.25, 0.3) is 0 Å². The van der Waals surface area contributed by atoms with Gasteiger partial charge in [0.15, 0.2) is 0 Å². The molecule has 0 spiro atoms. The number of rotatable bonds is 1. The van der Waals surface area contributed by atoms with Crippen molar-refractivity contribution in [1.82, 2.24) is 0 Å². The lowest BCUT2D eigenvalue weighted by Crippen LogP contribution is -2.52. The topological polar surface area (TPSA) is 0 Å². The lowest BCUT2D eigenvalue weighted by Gasteiger charge is -2.62. The van der Waals surface area contributed by atoms with Gasteiger partial charge >= 0.3 is 0 Å². The van der Waals surface area contributed by atoms with Crippen LogP contribution in [0.5, 0.6) is 0 Å². The average Bonchev–Trinajstić information content (AvgIpc) is 2.64. The van der Waals surface area contributed by atoms with Gasteiger partial charge in [-0.15, -0.1) is 0 Å². The molecule has 4 bridgehead atoms. The summed E-state index contributed by atoms with van der Waals surface area (Å²) < 4.78 is 0. The van der Waals surface area contributed by atoms with Gasteiger partial charge < -0.3 is 0 Å². The first kappa shape index (κ1) is 9.97. The Kier molecular flexibility index (Phi) is 1.91. The van der Waals surface area contributed by atoms with E-state index in [1.807, 2.05) is 0 Å². The molecule has 0 unspecified atom stereocenters. The molecule has 0 saturated heterocycles. The molecule has 0 aliphatic heterocycles. The summed E-state index contributed by atoms with van der Waals surface area (Å²) in [7, 11) is 0. The van der Waals surface area contributed by atoms with E-state index in [4.69, 9.17) is 0 Å². The zero-order chi connectivity index (χ0) is 10.8. The van der Waals surface area contributed by atoms with E-state index in [0.717, 1.165) is 28.6 Å². The zero-order valence-corrected chi connectivity index (χ0v) is 10.8. The Bertz CT molecular complexity index is 260. The molecule has 0 aromatic heterocycles. The maximum absolute atomic E-state index is 2.66. The highest BCUT2D eigenvalue weighted by Gasteiger charge is 2.58. The lowest BCUT2D eigenvalue weighted by atomic mass is 9.42. The van der Waals surface area contributed by atoms with Gasteiger partial charge in [0.05, 0.1) is 0 Å². The predicted octanol–water partition coefficient (Wildman–Crippen LogP) is 4.78. The molecule has 0 atom stereocenters. The molecule has 0 heterocycles. The van der Waals surface area contributed by atoms with E-state index in [9.17, 15) is 0 Å². The molecule has 0 heteroatoms. The van der Waals surface area contributed by atoms with E-state index < -0.39 is 0 Å². The van der Waals surface area contributed by atoms with E-state index in [1.165, 1.54) is 12.8 Å². The van der Waals surface area contributed by atoms with Crippen molar-refractivity contribution >= 4 is 0 Å². The summed E-state index contributed by atoms with van der Waals surface area (Å²) in [5.74, 6) is 3.43. The minimum atomic E-state index is 0.753. The number of hydrogen-bond donors (Lipinski definition) is 0. The molecule has 0 N–H and O–H groups in total. The Morgan fingerprint density at radius 3 is 1.62 bits per heavy atom. The third-order valence-corrected chi connectivity index (χ3v) is 7.03. The maximum atomic E-state index is 2.66. The highest BCUT2D eigenvalue weighted by Crippen LogP contribution is 2.69. The fraction of sp³-hybridized carbons (Fsp3) is 1.00. The Balaban J connectivity index is 1.70. The molecule has 0 amide bonds. The third kappa shape index (κ3) is 1.17. The van der Waals surface area contributed by atoms with Crippen LogP contribution in [0.2, 0.25) is 0 Å². The van der Waals surface area contributed by atoms with Crippen LogP contribution in [-0.4, -0.2) is 0 Å². The summed E-state index contributed by atoms with van der Waals surface area (Å²) in [6.45, 7) is 2.66. The van der Waals surface area contributed by atoms with Gasteiger partial charge in [0.25, 0.3) is 0 Å². The minimum Gasteiger partial charge on any atom is -0.0591 e. The van der Waals surface area contributed by atoms with Gasteiger partial charge in [0.1, 0.15) is 0 Å². The monoisotopic (exact) mass is 218 g/mol. The van der Waals surface area contributed by atoms with Crippen molar-refractivity contribution < 1.29 is 0 Å². The van der Waals surface area contributed by atoms with E-state index in [-0.39, 0.29) is 0 Å². The Labute approximate surface area is 100 Å². The second kappa shape index (κ2) is 3.06. The van der Waals surface area contributed by atoms with Gasteiger partial charge in [-0.2, -0.15) is 0 Å². The third-order valence-electron chi connectivity index (χ3n) is 7.03. The largest absolute Gasteiger partial charge is 0.0591 e. The van der Waals surface area contributed by atoms with Crippen molar-refractivity contribution in [2.45, 2.75) is 71.1 Å². The Morgan fingerprint density at radius 2 is 1.19 bits per heavy atom.